The number of nitrogens with zero attached hydrogens (tertiary/aromatic N) is 2. The first-order valence-corrected chi connectivity index (χ1v) is 8.88. The summed E-state index contributed by atoms with van der Waals surface area (Å²) in [7, 11) is 4.02. The number of benzene rings is 1. The molecule has 126 valence electrons. The van der Waals surface area contributed by atoms with Crippen LogP contribution in [-0.2, 0) is 4.79 Å². The summed E-state index contributed by atoms with van der Waals surface area (Å²) < 4.78 is 0. The molecule has 2 heterocycles. The Morgan fingerprint density at radius 1 is 1.09 bits per heavy atom. The number of anilines is 1. The predicted octanol–water partition coefficient (Wildman–Crippen LogP) is 2.50. The Labute approximate surface area is 139 Å². The molecule has 1 N–H and O–H groups in total. The predicted molar refractivity (Wildman–Crippen MR) is 94.6 cm³/mol. The highest BCUT2D eigenvalue weighted by Gasteiger charge is 2.34. The summed E-state index contributed by atoms with van der Waals surface area (Å²) in [5.41, 5.74) is 1.20. The molecule has 2 bridgehead atoms. The van der Waals surface area contributed by atoms with E-state index in [1.165, 1.54) is 31.4 Å². The summed E-state index contributed by atoms with van der Waals surface area (Å²) in [6.45, 7) is 1.64. The Kier molecular flexibility index (Phi) is 5.21. The minimum atomic E-state index is 0.303. The largest absolute Gasteiger partial charge is 0.373 e. The second-order valence-corrected chi connectivity index (χ2v) is 7.25. The van der Waals surface area contributed by atoms with Gasteiger partial charge in [0, 0.05) is 51.4 Å². The monoisotopic (exact) mass is 315 g/mol. The molecule has 2 fully saturated rings. The fraction of sp³-hybridized carbons (Fsp3) is 0.632. The maximum Gasteiger partial charge on any atom is 0.222 e. The molecule has 1 aromatic carbocycles. The minimum absolute atomic E-state index is 0.303. The molecule has 2 saturated heterocycles. The molecule has 1 aromatic rings. The number of rotatable bonds is 6. The summed E-state index contributed by atoms with van der Waals surface area (Å²) in [6, 6.07) is 11.7. The maximum absolute atomic E-state index is 12.5. The van der Waals surface area contributed by atoms with Crippen LogP contribution in [-0.4, -0.2) is 50.1 Å². The van der Waals surface area contributed by atoms with Crippen LogP contribution in [0, 0.1) is 5.92 Å². The van der Waals surface area contributed by atoms with Crippen molar-refractivity contribution < 1.29 is 4.79 Å². The summed E-state index contributed by atoms with van der Waals surface area (Å²) in [5, 5.41) is 3.65. The number of piperidine rings is 1. The molecular formula is C19H29N3O. The SMILES string of the molecule is CN(CCN(C)c1ccccc1)C(=O)CC1CC2CCC(C1)N2. The third-order valence-electron chi connectivity index (χ3n) is 5.43. The van der Waals surface area contributed by atoms with Crippen molar-refractivity contribution >= 4 is 11.6 Å². The van der Waals surface area contributed by atoms with E-state index in [4.69, 9.17) is 0 Å². The highest BCUT2D eigenvalue weighted by molar-refractivity contribution is 5.76. The first kappa shape index (κ1) is 16.3. The summed E-state index contributed by atoms with van der Waals surface area (Å²) >= 11 is 0. The van der Waals surface area contributed by atoms with Gasteiger partial charge >= 0.3 is 0 Å². The van der Waals surface area contributed by atoms with Crippen LogP contribution < -0.4 is 10.2 Å². The van der Waals surface area contributed by atoms with Crippen molar-refractivity contribution in [3.8, 4) is 0 Å². The third-order valence-corrected chi connectivity index (χ3v) is 5.43. The Bertz CT molecular complexity index is 507. The molecule has 2 aliphatic heterocycles. The van der Waals surface area contributed by atoms with Gasteiger partial charge in [-0.05, 0) is 43.7 Å². The van der Waals surface area contributed by atoms with Gasteiger partial charge in [-0.25, -0.2) is 0 Å². The number of amides is 1. The first-order valence-electron chi connectivity index (χ1n) is 8.88. The quantitative estimate of drug-likeness (QED) is 0.876. The second kappa shape index (κ2) is 7.35. The van der Waals surface area contributed by atoms with Crippen molar-refractivity contribution in [2.45, 2.75) is 44.2 Å². The van der Waals surface area contributed by atoms with Crippen LogP contribution in [0.1, 0.15) is 32.1 Å². The Morgan fingerprint density at radius 2 is 1.74 bits per heavy atom. The number of carbonyl (C=O) groups excluding carboxylic acids is 1. The molecule has 0 radical (unpaired) electrons. The zero-order valence-electron chi connectivity index (χ0n) is 14.4. The topological polar surface area (TPSA) is 35.6 Å². The van der Waals surface area contributed by atoms with E-state index >= 15 is 0 Å². The van der Waals surface area contributed by atoms with E-state index in [-0.39, 0.29) is 0 Å². The number of likely N-dealkylation sites (N-methyl/N-ethyl adjacent to an activating group) is 2. The number of nitrogens with one attached hydrogen (secondary N) is 1. The van der Waals surface area contributed by atoms with Crippen LogP contribution >= 0.6 is 0 Å². The lowest BCUT2D eigenvalue weighted by molar-refractivity contribution is -0.131. The summed E-state index contributed by atoms with van der Waals surface area (Å²) in [4.78, 5) is 16.6. The fourth-order valence-corrected chi connectivity index (χ4v) is 3.98. The maximum atomic E-state index is 12.5. The lowest BCUT2D eigenvalue weighted by Gasteiger charge is -2.30. The molecule has 0 aromatic heterocycles. The average Bonchev–Trinajstić information content (AvgIpc) is 2.91. The fourth-order valence-electron chi connectivity index (χ4n) is 3.98. The van der Waals surface area contributed by atoms with Gasteiger partial charge in [0.1, 0.15) is 0 Å². The van der Waals surface area contributed by atoms with Gasteiger partial charge in [0.05, 0.1) is 0 Å². The summed E-state index contributed by atoms with van der Waals surface area (Å²) in [5.74, 6) is 0.883. The number of hydrogen-bond acceptors (Lipinski definition) is 3. The van der Waals surface area contributed by atoms with Crippen molar-refractivity contribution in [1.82, 2.24) is 10.2 Å². The molecular weight excluding hydrogens is 286 g/mol. The van der Waals surface area contributed by atoms with Crippen LogP contribution in [0.5, 0.6) is 0 Å². The third kappa shape index (κ3) is 4.25. The second-order valence-electron chi connectivity index (χ2n) is 7.25. The van der Waals surface area contributed by atoms with Gasteiger partial charge < -0.3 is 15.1 Å². The molecule has 2 unspecified atom stereocenters. The Hall–Kier alpha value is -1.55. The van der Waals surface area contributed by atoms with Gasteiger partial charge in [-0.1, -0.05) is 18.2 Å². The smallest absolute Gasteiger partial charge is 0.222 e. The van der Waals surface area contributed by atoms with Crippen LogP contribution in [0.25, 0.3) is 0 Å². The van der Waals surface area contributed by atoms with Crippen LogP contribution in [0.4, 0.5) is 5.69 Å². The van der Waals surface area contributed by atoms with Crippen molar-refractivity contribution in [2.75, 3.05) is 32.1 Å². The normalized spacial score (nSPS) is 26.1. The molecule has 0 spiro atoms. The molecule has 1 amide bonds. The number of para-hydroxylation sites is 1. The molecule has 4 nitrogen and oxygen atoms in total. The summed E-state index contributed by atoms with van der Waals surface area (Å²) in [6.07, 6.45) is 5.68. The van der Waals surface area contributed by atoms with Crippen molar-refractivity contribution in [1.29, 1.82) is 0 Å². The van der Waals surface area contributed by atoms with E-state index in [1.807, 2.05) is 30.1 Å². The highest BCUT2D eigenvalue weighted by Crippen LogP contribution is 2.32. The standard InChI is InChI=1S/C19H29N3O/c1-21(18-6-4-3-5-7-18)10-11-22(2)19(23)14-15-12-16-8-9-17(13-15)20-16/h3-7,15-17,20H,8-14H2,1-2H3. The number of hydrogen-bond donors (Lipinski definition) is 1. The van der Waals surface area contributed by atoms with Gasteiger partial charge in [-0.3, -0.25) is 4.79 Å². The van der Waals surface area contributed by atoms with Crippen LogP contribution in [0.3, 0.4) is 0 Å². The van der Waals surface area contributed by atoms with Crippen LogP contribution in [0.15, 0.2) is 30.3 Å². The molecule has 4 heteroatoms. The number of carbonyl (C=O) groups is 1. The van der Waals surface area contributed by atoms with E-state index in [1.54, 1.807) is 0 Å². The molecule has 2 aliphatic rings. The Balaban J connectivity index is 1.43. The number of fused-ring (bicyclic) bond motifs is 2. The van der Waals surface area contributed by atoms with E-state index in [0.717, 1.165) is 19.5 Å². The van der Waals surface area contributed by atoms with Crippen molar-refractivity contribution in [2.24, 2.45) is 5.92 Å². The van der Waals surface area contributed by atoms with E-state index in [0.29, 0.717) is 23.9 Å². The zero-order chi connectivity index (χ0) is 16.2. The lowest BCUT2D eigenvalue weighted by atomic mass is 9.89. The molecule has 3 rings (SSSR count). The molecule has 0 aliphatic carbocycles. The van der Waals surface area contributed by atoms with Crippen LogP contribution in [0.2, 0.25) is 0 Å². The van der Waals surface area contributed by atoms with E-state index in [9.17, 15) is 4.79 Å². The van der Waals surface area contributed by atoms with Gasteiger partial charge in [0.2, 0.25) is 5.91 Å². The van der Waals surface area contributed by atoms with E-state index in [2.05, 4.69) is 29.4 Å². The van der Waals surface area contributed by atoms with Crippen molar-refractivity contribution in [3.63, 3.8) is 0 Å². The van der Waals surface area contributed by atoms with Gasteiger partial charge in [0.15, 0.2) is 0 Å². The average molecular weight is 315 g/mol. The lowest BCUT2D eigenvalue weighted by Crippen LogP contribution is -2.41. The zero-order valence-corrected chi connectivity index (χ0v) is 14.4. The molecule has 23 heavy (non-hydrogen) atoms. The van der Waals surface area contributed by atoms with E-state index < -0.39 is 0 Å². The first-order chi connectivity index (χ1) is 11.1. The van der Waals surface area contributed by atoms with Gasteiger partial charge in [-0.2, -0.15) is 0 Å². The van der Waals surface area contributed by atoms with Gasteiger partial charge in [0.25, 0.3) is 0 Å². The molecule has 2 atom stereocenters. The molecule has 0 saturated carbocycles. The minimum Gasteiger partial charge on any atom is -0.373 e. The Morgan fingerprint density at radius 3 is 2.39 bits per heavy atom. The van der Waals surface area contributed by atoms with Crippen molar-refractivity contribution in [3.05, 3.63) is 30.3 Å². The van der Waals surface area contributed by atoms with Gasteiger partial charge in [-0.15, -0.1) is 0 Å². The highest BCUT2D eigenvalue weighted by atomic mass is 16.2.